The number of rotatable bonds is 3. The molecule has 6 nitrogen and oxygen atoms in total. The summed E-state index contributed by atoms with van der Waals surface area (Å²) in [5.41, 5.74) is 0.631. The Labute approximate surface area is 116 Å². The van der Waals surface area contributed by atoms with E-state index < -0.39 is 4.92 Å². The third kappa shape index (κ3) is 3.01. The number of hydrogen-bond donors (Lipinski definition) is 0. The molecular formula is C14H13N3O3. The van der Waals surface area contributed by atoms with Crippen molar-refractivity contribution in [1.82, 2.24) is 4.90 Å². The summed E-state index contributed by atoms with van der Waals surface area (Å²) in [6.45, 7) is 1.36. The Balaban J connectivity index is 2.20. The fourth-order valence-corrected chi connectivity index (χ4v) is 2.09. The van der Waals surface area contributed by atoms with Gasteiger partial charge in [0.05, 0.1) is 4.92 Å². The Morgan fingerprint density at radius 1 is 1.30 bits per heavy atom. The molecule has 0 spiro atoms. The van der Waals surface area contributed by atoms with Crippen LogP contribution in [0.15, 0.2) is 29.8 Å². The summed E-state index contributed by atoms with van der Waals surface area (Å²) >= 11 is 0. The first kappa shape index (κ1) is 13.7. The van der Waals surface area contributed by atoms with E-state index >= 15 is 0 Å². The molecular weight excluding hydrogens is 258 g/mol. The fraction of sp³-hybridized carbons (Fsp3) is 0.286. The average molecular weight is 271 g/mol. The minimum atomic E-state index is -0.492. The van der Waals surface area contributed by atoms with E-state index in [0.29, 0.717) is 18.7 Å². The lowest BCUT2D eigenvalue weighted by Gasteiger charge is -2.13. The second kappa shape index (κ2) is 5.97. The molecule has 0 bridgehead atoms. The highest BCUT2D eigenvalue weighted by atomic mass is 16.6. The van der Waals surface area contributed by atoms with Crippen molar-refractivity contribution in [2.75, 3.05) is 13.1 Å². The first-order valence-electron chi connectivity index (χ1n) is 6.27. The zero-order chi connectivity index (χ0) is 14.5. The number of benzene rings is 1. The zero-order valence-corrected chi connectivity index (χ0v) is 10.8. The van der Waals surface area contributed by atoms with Crippen molar-refractivity contribution in [2.45, 2.75) is 12.8 Å². The Hall–Kier alpha value is -2.68. The van der Waals surface area contributed by atoms with Crippen molar-refractivity contribution in [3.05, 3.63) is 45.5 Å². The summed E-state index contributed by atoms with van der Waals surface area (Å²) in [7, 11) is 0. The first-order valence-corrected chi connectivity index (χ1v) is 6.27. The molecule has 0 radical (unpaired) electrons. The molecule has 1 aliphatic rings. The van der Waals surface area contributed by atoms with Gasteiger partial charge in [0.2, 0.25) is 0 Å². The maximum absolute atomic E-state index is 12.1. The lowest BCUT2D eigenvalue weighted by molar-refractivity contribution is -0.384. The summed E-state index contributed by atoms with van der Waals surface area (Å²) < 4.78 is 0. The number of non-ortho nitro benzene ring substituents is 1. The van der Waals surface area contributed by atoms with Gasteiger partial charge >= 0.3 is 0 Å². The smallest absolute Gasteiger partial charge is 0.269 e. The molecule has 1 heterocycles. The van der Waals surface area contributed by atoms with Crippen molar-refractivity contribution in [1.29, 1.82) is 5.26 Å². The molecule has 6 heteroatoms. The lowest BCUT2D eigenvalue weighted by atomic mass is 10.1. The summed E-state index contributed by atoms with van der Waals surface area (Å²) in [5, 5.41) is 19.6. The number of nitro benzene ring substituents is 1. The van der Waals surface area contributed by atoms with Crippen LogP contribution in [0.3, 0.4) is 0 Å². The highest BCUT2D eigenvalue weighted by Gasteiger charge is 2.21. The van der Waals surface area contributed by atoms with Gasteiger partial charge in [0, 0.05) is 25.2 Å². The van der Waals surface area contributed by atoms with Crippen LogP contribution in [-0.4, -0.2) is 28.8 Å². The minimum absolute atomic E-state index is 0.0217. The molecule has 0 unspecified atom stereocenters. The van der Waals surface area contributed by atoms with E-state index in [0.717, 1.165) is 12.8 Å². The van der Waals surface area contributed by atoms with Gasteiger partial charge in [-0.25, -0.2) is 0 Å². The van der Waals surface area contributed by atoms with E-state index in [1.807, 2.05) is 6.07 Å². The maximum atomic E-state index is 12.1. The molecule has 1 fully saturated rings. The fourth-order valence-electron chi connectivity index (χ4n) is 2.09. The van der Waals surface area contributed by atoms with Gasteiger partial charge in [0.25, 0.3) is 11.6 Å². The van der Waals surface area contributed by atoms with E-state index in [-0.39, 0.29) is 17.2 Å². The number of amides is 1. The zero-order valence-electron chi connectivity index (χ0n) is 10.8. The molecule has 0 atom stereocenters. The van der Waals surface area contributed by atoms with E-state index in [1.165, 1.54) is 30.3 Å². The van der Waals surface area contributed by atoms with Crippen LogP contribution in [0.1, 0.15) is 18.4 Å². The second-order valence-electron chi connectivity index (χ2n) is 4.52. The number of likely N-dealkylation sites (tertiary alicyclic amines) is 1. The number of nitrogens with zero attached hydrogens (tertiary/aromatic N) is 3. The van der Waals surface area contributed by atoms with Crippen LogP contribution in [0.4, 0.5) is 5.69 Å². The molecule has 1 saturated heterocycles. The van der Waals surface area contributed by atoms with Gasteiger partial charge in [0.1, 0.15) is 11.6 Å². The van der Waals surface area contributed by atoms with Crippen molar-refractivity contribution >= 4 is 17.7 Å². The quantitative estimate of drug-likeness (QED) is 0.364. The van der Waals surface area contributed by atoms with Crippen molar-refractivity contribution < 1.29 is 9.72 Å². The van der Waals surface area contributed by atoms with Crippen LogP contribution in [0.2, 0.25) is 0 Å². The van der Waals surface area contributed by atoms with E-state index in [1.54, 1.807) is 4.90 Å². The topological polar surface area (TPSA) is 87.2 Å². The summed E-state index contributed by atoms with van der Waals surface area (Å²) in [6, 6.07) is 7.64. The van der Waals surface area contributed by atoms with Crippen LogP contribution in [0.5, 0.6) is 0 Å². The standard InChI is InChI=1S/C14H13N3O3/c15-10-12(14(18)16-7-1-2-8-16)9-11-3-5-13(6-4-11)17(19)20/h3-6,9H,1-2,7-8H2. The van der Waals surface area contributed by atoms with Gasteiger partial charge in [0.15, 0.2) is 0 Å². The number of carbonyl (C=O) groups excluding carboxylic acids is 1. The molecule has 20 heavy (non-hydrogen) atoms. The molecule has 0 N–H and O–H groups in total. The third-order valence-electron chi connectivity index (χ3n) is 3.16. The molecule has 0 aliphatic carbocycles. The monoisotopic (exact) mass is 271 g/mol. The number of carbonyl (C=O) groups is 1. The highest BCUT2D eigenvalue weighted by molar-refractivity contribution is 6.01. The van der Waals surface area contributed by atoms with E-state index in [9.17, 15) is 14.9 Å². The Morgan fingerprint density at radius 3 is 2.40 bits per heavy atom. The van der Waals surface area contributed by atoms with Gasteiger partial charge in [-0.2, -0.15) is 5.26 Å². The largest absolute Gasteiger partial charge is 0.338 e. The average Bonchev–Trinajstić information content (AvgIpc) is 2.98. The van der Waals surface area contributed by atoms with Crippen molar-refractivity contribution in [2.24, 2.45) is 0 Å². The number of hydrogen-bond acceptors (Lipinski definition) is 4. The van der Waals surface area contributed by atoms with Gasteiger partial charge in [-0.1, -0.05) is 0 Å². The van der Waals surface area contributed by atoms with Gasteiger partial charge in [-0.15, -0.1) is 0 Å². The minimum Gasteiger partial charge on any atom is -0.338 e. The van der Waals surface area contributed by atoms with Gasteiger partial charge < -0.3 is 4.90 Å². The Kier molecular flexibility index (Phi) is 4.11. The number of nitro groups is 1. The Bertz CT molecular complexity index is 593. The van der Waals surface area contributed by atoms with Crippen LogP contribution in [-0.2, 0) is 4.79 Å². The van der Waals surface area contributed by atoms with Crippen LogP contribution in [0.25, 0.3) is 6.08 Å². The van der Waals surface area contributed by atoms with Crippen LogP contribution in [0, 0.1) is 21.4 Å². The van der Waals surface area contributed by atoms with Crippen molar-refractivity contribution in [3.8, 4) is 6.07 Å². The normalized spacial score (nSPS) is 14.9. The predicted octanol–water partition coefficient (Wildman–Crippen LogP) is 2.12. The molecule has 1 aromatic rings. The van der Waals surface area contributed by atoms with Crippen LogP contribution >= 0.6 is 0 Å². The number of nitriles is 1. The summed E-state index contributed by atoms with van der Waals surface area (Å²) in [4.78, 5) is 23.8. The molecule has 0 aromatic heterocycles. The van der Waals surface area contributed by atoms with Gasteiger partial charge in [-0.3, -0.25) is 14.9 Å². The van der Waals surface area contributed by atoms with Gasteiger partial charge in [-0.05, 0) is 36.6 Å². The molecule has 102 valence electrons. The predicted molar refractivity (Wildman–Crippen MR) is 72.5 cm³/mol. The second-order valence-corrected chi connectivity index (χ2v) is 4.52. The maximum Gasteiger partial charge on any atom is 0.269 e. The molecule has 2 rings (SSSR count). The SMILES string of the molecule is N#CC(=Cc1ccc([N+](=O)[O-])cc1)C(=O)N1CCCC1. The molecule has 1 aliphatic heterocycles. The molecule has 1 amide bonds. The lowest BCUT2D eigenvalue weighted by Crippen LogP contribution is -2.28. The first-order chi connectivity index (χ1) is 9.61. The summed E-state index contributed by atoms with van der Waals surface area (Å²) in [6.07, 6.45) is 3.38. The highest BCUT2D eigenvalue weighted by Crippen LogP contribution is 2.16. The van der Waals surface area contributed by atoms with Crippen LogP contribution < -0.4 is 0 Å². The van der Waals surface area contributed by atoms with E-state index in [4.69, 9.17) is 5.26 Å². The summed E-state index contributed by atoms with van der Waals surface area (Å²) in [5.74, 6) is -0.275. The molecule has 0 saturated carbocycles. The van der Waals surface area contributed by atoms with Crippen molar-refractivity contribution in [3.63, 3.8) is 0 Å². The Morgan fingerprint density at radius 2 is 1.90 bits per heavy atom. The van der Waals surface area contributed by atoms with E-state index in [2.05, 4.69) is 0 Å². The molecule has 1 aromatic carbocycles. The third-order valence-corrected chi connectivity index (χ3v) is 3.16.